The predicted octanol–water partition coefficient (Wildman–Crippen LogP) is 5.87. The molecule has 0 saturated heterocycles. The van der Waals surface area contributed by atoms with Crippen molar-refractivity contribution in [3.63, 3.8) is 0 Å². The van der Waals surface area contributed by atoms with Gasteiger partial charge in [-0.05, 0) is 48.3 Å². The average Bonchev–Trinajstić information content (AvgIpc) is 3.21. The summed E-state index contributed by atoms with van der Waals surface area (Å²) in [4.78, 5) is 0. The first-order valence-electron chi connectivity index (χ1n) is 7.74. The highest BCUT2D eigenvalue weighted by molar-refractivity contribution is 5.29. The molecule has 2 aliphatic carbocycles. The molecule has 3 rings (SSSR count). The van der Waals surface area contributed by atoms with E-state index >= 15 is 0 Å². The highest BCUT2D eigenvalue weighted by Crippen LogP contribution is 2.48. The van der Waals surface area contributed by atoms with Crippen LogP contribution in [0.4, 0.5) is 4.39 Å². The molecule has 0 bridgehead atoms. The van der Waals surface area contributed by atoms with Gasteiger partial charge in [0, 0.05) is 0 Å². The first kappa shape index (κ1) is 15.0. The molecule has 0 radical (unpaired) electrons. The van der Waals surface area contributed by atoms with Crippen LogP contribution in [-0.4, -0.2) is 0 Å². The number of hydrogen-bond acceptors (Lipinski definition) is 0. The second-order valence-electron chi connectivity index (χ2n) is 6.09. The van der Waals surface area contributed by atoms with Crippen LogP contribution in [0.3, 0.4) is 0 Å². The van der Waals surface area contributed by atoms with Crippen molar-refractivity contribution in [2.24, 2.45) is 11.8 Å². The van der Waals surface area contributed by atoms with E-state index in [9.17, 15) is 4.39 Å². The second-order valence-corrected chi connectivity index (χ2v) is 6.09. The summed E-state index contributed by atoms with van der Waals surface area (Å²) in [5.74, 6) is 2.22. The Balaban J connectivity index is 0.000000147. The van der Waals surface area contributed by atoms with E-state index in [1.165, 1.54) is 37.0 Å². The molecular weight excluding hydrogens is 247 g/mol. The van der Waals surface area contributed by atoms with Crippen LogP contribution in [-0.2, 0) is 0 Å². The highest BCUT2D eigenvalue weighted by atomic mass is 19.1. The summed E-state index contributed by atoms with van der Waals surface area (Å²) in [6.07, 6.45) is 11.0. The summed E-state index contributed by atoms with van der Waals surface area (Å²) in [6, 6.07) is 6.63. The molecule has 1 heteroatoms. The quantitative estimate of drug-likeness (QED) is 0.645. The van der Waals surface area contributed by atoms with Crippen LogP contribution in [0.2, 0.25) is 0 Å². The Morgan fingerprint density at radius 1 is 1.20 bits per heavy atom. The van der Waals surface area contributed by atoms with Crippen molar-refractivity contribution in [1.82, 2.24) is 0 Å². The van der Waals surface area contributed by atoms with Crippen LogP contribution >= 0.6 is 0 Å². The maximum atomic E-state index is 12.4. The normalized spacial score (nSPS) is 22.8. The van der Waals surface area contributed by atoms with E-state index in [0.29, 0.717) is 5.92 Å². The molecule has 0 heterocycles. The Bertz CT molecular complexity index is 479. The summed E-state index contributed by atoms with van der Waals surface area (Å²) in [5, 5.41) is 0. The third-order valence-corrected chi connectivity index (χ3v) is 4.06. The zero-order chi connectivity index (χ0) is 14.5. The van der Waals surface area contributed by atoms with Gasteiger partial charge in [0.15, 0.2) is 0 Å². The van der Waals surface area contributed by atoms with Gasteiger partial charge < -0.3 is 0 Å². The van der Waals surface area contributed by atoms with Crippen LogP contribution < -0.4 is 0 Å². The van der Waals surface area contributed by atoms with Gasteiger partial charge in [0.1, 0.15) is 5.82 Å². The molecule has 0 nitrogen and oxygen atoms in total. The van der Waals surface area contributed by atoms with Crippen LogP contribution in [0.1, 0.15) is 51.5 Å². The minimum absolute atomic E-state index is 0.163. The number of allylic oxidation sites excluding steroid dienone is 4. The zero-order valence-corrected chi connectivity index (χ0v) is 12.8. The summed E-state index contributed by atoms with van der Waals surface area (Å²) in [6.45, 7) is 6.44. The third kappa shape index (κ3) is 4.06. The van der Waals surface area contributed by atoms with Crippen molar-refractivity contribution in [2.45, 2.75) is 46.0 Å². The number of halogens is 1. The zero-order valence-electron chi connectivity index (χ0n) is 12.8. The minimum Gasteiger partial charge on any atom is -0.207 e. The molecule has 0 aromatic heterocycles. The molecule has 2 atom stereocenters. The smallest absolute Gasteiger partial charge is 0.123 e. The molecule has 0 aliphatic heterocycles. The lowest BCUT2D eigenvalue weighted by atomic mass is 10.0. The molecule has 0 amide bonds. The molecule has 0 spiro atoms. The van der Waals surface area contributed by atoms with Crippen molar-refractivity contribution in [1.29, 1.82) is 0 Å². The first-order chi connectivity index (χ1) is 9.61. The second kappa shape index (κ2) is 6.88. The molecule has 1 saturated carbocycles. The van der Waals surface area contributed by atoms with E-state index in [4.69, 9.17) is 0 Å². The van der Waals surface area contributed by atoms with Crippen LogP contribution in [0.5, 0.6) is 0 Å². The van der Waals surface area contributed by atoms with Crippen LogP contribution in [0, 0.1) is 17.7 Å². The number of rotatable bonds is 3. The van der Waals surface area contributed by atoms with E-state index in [1.807, 2.05) is 12.1 Å². The Labute approximate surface area is 122 Å². The summed E-state index contributed by atoms with van der Waals surface area (Å²) >= 11 is 0. The van der Waals surface area contributed by atoms with Gasteiger partial charge in [-0.3, -0.25) is 0 Å². The topological polar surface area (TPSA) is 0 Å². The van der Waals surface area contributed by atoms with Crippen LogP contribution in [0.15, 0.2) is 48.1 Å². The fraction of sp³-hybridized carbons (Fsp3) is 0.474. The van der Waals surface area contributed by atoms with Crippen molar-refractivity contribution in [3.8, 4) is 0 Å². The van der Waals surface area contributed by atoms with Gasteiger partial charge in [0.05, 0.1) is 0 Å². The van der Waals surface area contributed by atoms with Gasteiger partial charge in [-0.2, -0.15) is 0 Å². The van der Waals surface area contributed by atoms with Gasteiger partial charge in [0.25, 0.3) is 0 Å². The first-order valence-corrected chi connectivity index (χ1v) is 7.74. The van der Waals surface area contributed by atoms with Gasteiger partial charge >= 0.3 is 0 Å². The predicted molar refractivity (Wildman–Crippen MR) is 84.2 cm³/mol. The van der Waals surface area contributed by atoms with Gasteiger partial charge in [-0.1, -0.05) is 63.1 Å². The molecule has 20 heavy (non-hydrogen) atoms. The Kier molecular flexibility index (Phi) is 5.17. The lowest BCUT2D eigenvalue weighted by Crippen LogP contribution is -1.90. The standard InChI is InChI=1S/C10H14.C9H11F/c1-2-4-8-5-3-6-9-7-10(8)9;1-7(2)8-3-5-9(10)6-4-8/h3,5-6,9-10H,2,4,7H2,1H3;3-7H,1-2H3. The maximum absolute atomic E-state index is 12.4. The van der Waals surface area contributed by atoms with E-state index in [2.05, 4.69) is 39.0 Å². The molecule has 2 unspecified atom stereocenters. The van der Waals surface area contributed by atoms with E-state index in [1.54, 1.807) is 5.57 Å². The molecule has 108 valence electrons. The molecule has 2 aliphatic rings. The van der Waals surface area contributed by atoms with Crippen LogP contribution in [0.25, 0.3) is 0 Å². The highest BCUT2D eigenvalue weighted by Gasteiger charge is 2.38. The maximum Gasteiger partial charge on any atom is 0.123 e. The van der Waals surface area contributed by atoms with Gasteiger partial charge in [-0.15, -0.1) is 0 Å². The molecule has 0 N–H and O–H groups in total. The molecular formula is C19H25F. The van der Waals surface area contributed by atoms with Crippen molar-refractivity contribution in [3.05, 3.63) is 59.4 Å². The molecule has 1 aromatic carbocycles. The Hall–Kier alpha value is -1.37. The Morgan fingerprint density at radius 3 is 2.50 bits per heavy atom. The number of hydrogen-bond donors (Lipinski definition) is 0. The lowest BCUT2D eigenvalue weighted by Gasteiger charge is -2.05. The van der Waals surface area contributed by atoms with E-state index in [-0.39, 0.29) is 5.82 Å². The SMILES string of the molecule is CC(C)c1ccc(F)cc1.CCCC1=CC=CC2CC12. The largest absolute Gasteiger partial charge is 0.207 e. The number of benzene rings is 1. The fourth-order valence-corrected chi connectivity index (χ4v) is 2.70. The van der Waals surface area contributed by atoms with Crippen molar-refractivity contribution >= 4 is 0 Å². The van der Waals surface area contributed by atoms with Crippen molar-refractivity contribution in [2.75, 3.05) is 0 Å². The van der Waals surface area contributed by atoms with Gasteiger partial charge in [-0.25, -0.2) is 4.39 Å². The van der Waals surface area contributed by atoms with E-state index < -0.39 is 0 Å². The van der Waals surface area contributed by atoms with E-state index in [0.717, 1.165) is 11.8 Å². The third-order valence-electron chi connectivity index (χ3n) is 4.06. The van der Waals surface area contributed by atoms with Gasteiger partial charge in [0.2, 0.25) is 0 Å². The fourth-order valence-electron chi connectivity index (χ4n) is 2.70. The Morgan fingerprint density at radius 2 is 1.90 bits per heavy atom. The molecule has 1 fully saturated rings. The van der Waals surface area contributed by atoms with Crippen molar-refractivity contribution < 1.29 is 4.39 Å². The minimum atomic E-state index is -0.163. The monoisotopic (exact) mass is 272 g/mol. The summed E-state index contributed by atoms with van der Waals surface area (Å²) in [7, 11) is 0. The number of fused-ring (bicyclic) bond motifs is 1. The average molecular weight is 272 g/mol. The lowest BCUT2D eigenvalue weighted by molar-refractivity contribution is 0.626. The summed E-state index contributed by atoms with van der Waals surface area (Å²) in [5.41, 5.74) is 2.89. The summed E-state index contributed by atoms with van der Waals surface area (Å²) < 4.78 is 12.4. The molecule has 1 aromatic rings.